The van der Waals surface area contributed by atoms with Crippen molar-refractivity contribution in [1.82, 2.24) is 0 Å². The highest BCUT2D eigenvalue weighted by atomic mass is 79.9. The molecule has 17 heavy (non-hydrogen) atoms. The summed E-state index contributed by atoms with van der Waals surface area (Å²) in [7, 11) is 0. The van der Waals surface area contributed by atoms with Gasteiger partial charge in [-0.2, -0.15) is 0 Å². The van der Waals surface area contributed by atoms with Crippen LogP contribution in [0.2, 0.25) is 0 Å². The number of hydrogen-bond donors (Lipinski definition) is 1. The fourth-order valence-electron chi connectivity index (χ4n) is 1.23. The summed E-state index contributed by atoms with van der Waals surface area (Å²) in [4.78, 5) is 11.7. The topological polar surface area (TPSA) is 42.2 Å². The molecule has 0 aliphatic rings. The lowest BCUT2D eigenvalue weighted by molar-refractivity contribution is 0.0995. The molecule has 6 heteroatoms. The number of benzene rings is 1. The van der Waals surface area contributed by atoms with Gasteiger partial charge in [0.25, 0.3) is 5.91 Å². The largest absolute Gasteiger partial charge is 0.444 e. The Morgan fingerprint density at radius 1 is 1.24 bits per heavy atom. The van der Waals surface area contributed by atoms with Gasteiger partial charge in [0.05, 0.1) is 5.69 Å². The van der Waals surface area contributed by atoms with Gasteiger partial charge in [-0.1, -0.05) is 6.07 Å². The second-order valence-electron chi connectivity index (χ2n) is 3.15. The van der Waals surface area contributed by atoms with Crippen LogP contribution in [0, 0.1) is 5.82 Å². The van der Waals surface area contributed by atoms with Gasteiger partial charge in [0.15, 0.2) is 10.4 Å². The molecule has 1 aromatic carbocycles. The van der Waals surface area contributed by atoms with E-state index in [-0.39, 0.29) is 11.4 Å². The Labute approximate surface area is 113 Å². The molecule has 0 bridgehead atoms. The maximum atomic E-state index is 13.4. The van der Waals surface area contributed by atoms with Gasteiger partial charge in [0.1, 0.15) is 5.82 Å². The molecular weight excluding hydrogens is 357 g/mol. The van der Waals surface area contributed by atoms with Crippen molar-refractivity contribution in [1.29, 1.82) is 0 Å². The smallest absolute Gasteiger partial charge is 0.291 e. The quantitative estimate of drug-likeness (QED) is 0.870. The first-order valence-corrected chi connectivity index (χ1v) is 6.17. The molecular formula is C11H6Br2FNO2. The summed E-state index contributed by atoms with van der Waals surface area (Å²) in [5, 5.41) is 2.43. The van der Waals surface area contributed by atoms with E-state index in [2.05, 4.69) is 37.2 Å². The lowest BCUT2D eigenvalue weighted by Gasteiger charge is -2.06. The molecule has 0 atom stereocenters. The molecule has 1 amide bonds. The van der Waals surface area contributed by atoms with Crippen molar-refractivity contribution in [3.8, 4) is 0 Å². The van der Waals surface area contributed by atoms with Crippen LogP contribution in [0.4, 0.5) is 10.1 Å². The number of halogens is 3. The molecule has 1 heterocycles. The van der Waals surface area contributed by atoms with Crippen molar-refractivity contribution in [3.63, 3.8) is 0 Å². The highest BCUT2D eigenvalue weighted by Crippen LogP contribution is 2.26. The van der Waals surface area contributed by atoms with E-state index in [1.54, 1.807) is 18.2 Å². The second kappa shape index (κ2) is 5.01. The molecule has 0 spiro atoms. The number of nitrogens with one attached hydrogen (secondary N) is 1. The van der Waals surface area contributed by atoms with Crippen molar-refractivity contribution in [2.75, 3.05) is 5.32 Å². The fourth-order valence-corrected chi connectivity index (χ4v) is 1.98. The molecule has 88 valence electrons. The Hall–Kier alpha value is -1.14. The molecule has 2 aromatic rings. The Morgan fingerprint density at radius 3 is 2.59 bits per heavy atom. The highest BCUT2D eigenvalue weighted by Gasteiger charge is 2.14. The average molecular weight is 363 g/mol. The summed E-state index contributed by atoms with van der Waals surface area (Å²) in [6.07, 6.45) is 0. The number of carbonyl (C=O) groups is 1. The summed E-state index contributed by atoms with van der Waals surface area (Å²) in [6.45, 7) is 0. The van der Waals surface area contributed by atoms with Gasteiger partial charge in [-0.25, -0.2) is 4.39 Å². The molecule has 3 nitrogen and oxygen atoms in total. The van der Waals surface area contributed by atoms with E-state index in [0.717, 1.165) is 0 Å². The van der Waals surface area contributed by atoms with Crippen LogP contribution in [0.15, 0.2) is 43.9 Å². The van der Waals surface area contributed by atoms with E-state index in [9.17, 15) is 9.18 Å². The van der Waals surface area contributed by atoms with Crippen LogP contribution in [0.5, 0.6) is 0 Å². The Morgan fingerprint density at radius 2 is 2.00 bits per heavy atom. The van der Waals surface area contributed by atoms with Gasteiger partial charge in [0, 0.05) is 4.47 Å². The number of anilines is 1. The number of hydrogen-bond acceptors (Lipinski definition) is 2. The molecule has 0 unspecified atom stereocenters. The van der Waals surface area contributed by atoms with Crippen molar-refractivity contribution < 1.29 is 13.6 Å². The SMILES string of the molecule is O=C(Nc1c(F)cccc1Br)c1ccc(Br)o1. The third-order valence-corrected chi connectivity index (χ3v) is 3.09. The summed E-state index contributed by atoms with van der Waals surface area (Å²) in [6, 6.07) is 7.52. The zero-order valence-electron chi connectivity index (χ0n) is 8.34. The molecule has 1 aromatic heterocycles. The summed E-state index contributed by atoms with van der Waals surface area (Å²) in [5.41, 5.74) is 0.0880. The minimum absolute atomic E-state index is 0.0880. The molecule has 0 fully saturated rings. The van der Waals surface area contributed by atoms with E-state index in [1.165, 1.54) is 12.1 Å². The molecule has 0 aliphatic heterocycles. The Bertz CT molecular complexity index is 548. The predicted octanol–water partition coefficient (Wildman–Crippen LogP) is 4.20. The predicted molar refractivity (Wildman–Crippen MR) is 68.5 cm³/mol. The lowest BCUT2D eigenvalue weighted by atomic mass is 10.3. The van der Waals surface area contributed by atoms with Gasteiger partial charge in [-0.15, -0.1) is 0 Å². The van der Waals surface area contributed by atoms with Crippen molar-refractivity contribution in [3.05, 3.63) is 51.1 Å². The van der Waals surface area contributed by atoms with E-state index in [0.29, 0.717) is 9.14 Å². The Balaban J connectivity index is 2.24. The van der Waals surface area contributed by atoms with Crippen LogP contribution in [0.25, 0.3) is 0 Å². The van der Waals surface area contributed by atoms with E-state index in [4.69, 9.17) is 4.42 Å². The third kappa shape index (κ3) is 2.76. The molecule has 2 rings (SSSR count). The summed E-state index contributed by atoms with van der Waals surface area (Å²) >= 11 is 6.24. The van der Waals surface area contributed by atoms with Gasteiger partial charge in [-0.05, 0) is 56.1 Å². The summed E-state index contributed by atoms with van der Waals surface area (Å²) in [5.74, 6) is -0.924. The second-order valence-corrected chi connectivity index (χ2v) is 4.79. The van der Waals surface area contributed by atoms with Gasteiger partial charge < -0.3 is 9.73 Å². The molecule has 0 aliphatic carbocycles. The van der Waals surface area contributed by atoms with Crippen LogP contribution in [-0.2, 0) is 0 Å². The van der Waals surface area contributed by atoms with Gasteiger partial charge in [0.2, 0.25) is 0 Å². The van der Waals surface area contributed by atoms with Crippen molar-refractivity contribution in [2.24, 2.45) is 0 Å². The molecule has 0 saturated heterocycles. The fraction of sp³-hybridized carbons (Fsp3) is 0. The maximum Gasteiger partial charge on any atom is 0.291 e. The van der Waals surface area contributed by atoms with Crippen LogP contribution >= 0.6 is 31.9 Å². The first-order chi connectivity index (χ1) is 8.08. The standard InChI is InChI=1S/C11H6Br2FNO2/c12-6-2-1-3-7(14)10(6)15-11(16)8-4-5-9(13)17-8/h1-5H,(H,15,16). The number of amides is 1. The van der Waals surface area contributed by atoms with Crippen LogP contribution in [0.3, 0.4) is 0 Å². The lowest BCUT2D eigenvalue weighted by Crippen LogP contribution is -2.12. The zero-order chi connectivity index (χ0) is 12.4. The highest BCUT2D eigenvalue weighted by molar-refractivity contribution is 9.10. The monoisotopic (exact) mass is 361 g/mol. The molecule has 0 saturated carbocycles. The number of para-hydroxylation sites is 1. The number of carbonyl (C=O) groups excluding carboxylic acids is 1. The normalized spacial score (nSPS) is 10.3. The zero-order valence-corrected chi connectivity index (χ0v) is 11.5. The third-order valence-electron chi connectivity index (χ3n) is 2.00. The van der Waals surface area contributed by atoms with E-state index < -0.39 is 11.7 Å². The first kappa shape index (κ1) is 12.3. The average Bonchev–Trinajstić information content (AvgIpc) is 2.70. The molecule has 1 N–H and O–H groups in total. The van der Waals surface area contributed by atoms with E-state index in [1.807, 2.05) is 0 Å². The van der Waals surface area contributed by atoms with Crippen molar-refractivity contribution >= 4 is 43.5 Å². The van der Waals surface area contributed by atoms with Crippen LogP contribution < -0.4 is 5.32 Å². The number of furan rings is 1. The minimum Gasteiger partial charge on any atom is -0.444 e. The maximum absolute atomic E-state index is 13.4. The minimum atomic E-state index is -0.515. The van der Waals surface area contributed by atoms with Crippen molar-refractivity contribution in [2.45, 2.75) is 0 Å². The van der Waals surface area contributed by atoms with Gasteiger partial charge in [-0.3, -0.25) is 4.79 Å². The molecule has 0 radical (unpaired) electrons. The van der Waals surface area contributed by atoms with Gasteiger partial charge >= 0.3 is 0 Å². The summed E-state index contributed by atoms with van der Waals surface area (Å²) < 4.78 is 19.4. The van der Waals surface area contributed by atoms with Crippen LogP contribution in [0.1, 0.15) is 10.6 Å². The first-order valence-electron chi connectivity index (χ1n) is 4.58. The van der Waals surface area contributed by atoms with Crippen LogP contribution in [-0.4, -0.2) is 5.91 Å². The number of rotatable bonds is 2. The van der Waals surface area contributed by atoms with E-state index >= 15 is 0 Å². The Kier molecular flexibility index (Phi) is 3.63.